The minimum absolute atomic E-state index is 0.0827. The van der Waals surface area contributed by atoms with Crippen molar-refractivity contribution in [2.24, 2.45) is 11.8 Å². The highest BCUT2D eigenvalue weighted by Gasteiger charge is 2.77. The number of hydrogen-bond donors (Lipinski definition) is 1. The minimum Gasteiger partial charge on any atom is -0.394 e. The van der Waals surface area contributed by atoms with Gasteiger partial charge in [0.15, 0.2) is 0 Å². The Morgan fingerprint density at radius 3 is 2.45 bits per heavy atom. The zero-order chi connectivity index (χ0) is 27.6. The SMILES string of the molecule is C=CCN(CCC)C(=O)[C@H]1[C@@H]2OC3(CC2Br)C(C(=O)N(CC=C)C2CCCCC2)N([C@@H](CC)CO)C(=O)[C@H]13. The lowest BCUT2D eigenvalue weighted by Gasteiger charge is -2.42. The maximum atomic E-state index is 14.6. The summed E-state index contributed by atoms with van der Waals surface area (Å²) in [7, 11) is 0. The Balaban J connectivity index is 1.78. The van der Waals surface area contributed by atoms with Gasteiger partial charge in [-0.15, -0.1) is 13.2 Å². The van der Waals surface area contributed by atoms with E-state index in [-0.39, 0.29) is 35.2 Å². The summed E-state index contributed by atoms with van der Waals surface area (Å²) in [6.07, 6.45) is 9.85. The fourth-order valence-corrected chi connectivity index (χ4v) is 8.41. The normalized spacial score (nSPS) is 33.2. The smallest absolute Gasteiger partial charge is 0.248 e. The van der Waals surface area contributed by atoms with Crippen LogP contribution in [0.4, 0.5) is 0 Å². The van der Waals surface area contributed by atoms with E-state index in [1.165, 1.54) is 0 Å². The van der Waals surface area contributed by atoms with Gasteiger partial charge in [-0.2, -0.15) is 0 Å². The highest BCUT2D eigenvalue weighted by molar-refractivity contribution is 9.09. The molecule has 9 heteroatoms. The van der Waals surface area contributed by atoms with Crippen LogP contribution < -0.4 is 0 Å². The van der Waals surface area contributed by atoms with Crippen LogP contribution in [0.25, 0.3) is 0 Å². The quantitative estimate of drug-likeness (QED) is 0.277. The van der Waals surface area contributed by atoms with Crippen LogP contribution in [-0.2, 0) is 19.1 Å². The summed E-state index contributed by atoms with van der Waals surface area (Å²) in [6.45, 7) is 12.7. The number of fused-ring (bicyclic) bond motifs is 1. The summed E-state index contributed by atoms with van der Waals surface area (Å²) in [4.78, 5) is 47.9. The van der Waals surface area contributed by atoms with Crippen LogP contribution in [0.15, 0.2) is 25.3 Å². The zero-order valence-corrected chi connectivity index (χ0v) is 24.5. The summed E-state index contributed by atoms with van der Waals surface area (Å²) < 4.78 is 6.69. The van der Waals surface area contributed by atoms with Gasteiger partial charge in [-0.1, -0.05) is 61.2 Å². The first kappa shape index (κ1) is 29.3. The Morgan fingerprint density at radius 2 is 1.87 bits per heavy atom. The molecule has 2 bridgehead atoms. The van der Waals surface area contributed by atoms with Gasteiger partial charge in [-0.3, -0.25) is 14.4 Å². The van der Waals surface area contributed by atoms with Gasteiger partial charge in [-0.25, -0.2) is 0 Å². The number of aliphatic hydroxyl groups is 1. The van der Waals surface area contributed by atoms with Gasteiger partial charge in [0.1, 0.15) is 11.6 Å². The molecule has 8 nitrogen and oxygen atoms in total. The third-order valence-electron chi connectivity index (χ3n) is 9.10. The van der Waals surface area contributed by atoms with Crippen LogP contribution in [0.1, 0.15) is 65.2 Å². The first-order valence-corrected chi connectivity index (χ1v) is 15.3. The molecule has 3 amide bonds. The summed E-state index contributed by atoms with van der Waals surface area (Å²) >= 11 is 3.76. The standard InChI is InChI=1S/C29H44BrN3O5/c1-5-14-31(15-6-2)26(35)22-23-27(36)33(19(8-4)18-34)25(29(23)17-21(30)24(22)38-29)28(37)32(16-7-3)20-12-10-9-11-13-20/h5,7,19-25,34H,1,3,6,8-18H2,2,4H3/t19-,21?,22+,23-,24+,25?,29?/m0/s1. The lowest BCUT2D eigenvalue weighted by atomic mass is 9.70. The highest BCUT2D eigenvalue weighted by Crippen LogP contribution is 2.61. The van der Waals surface area contributed by atoms with Gasteiger partial charge < -0.3 is 24.5 Å². The summed E-state index contributed by atoms with van der Waals surface area (Å²) in [5, 5.41) is 10.3. The van der Waals surface area contributed by atoms with E-state index in [4.69, 9.17) is 4.74 Å². The van der Waals surface area contributed by atoms with Crippen LogP contribution >= 0.6 is 15.9 Å². The Hall–Kier alpha value is -1.71. The number of carbonyl (C=O) groups excluding carboxylic acids is 3. The summed E-state index contributed by atoms with van der Waals surface area (Å²) in [6, 6.07) is -1.33. The van der Waals surface area contributed by atoms with Crippen molar-refractivity contribution < 1.29 is 24.2 Å². The van der Waals surface area contributed by atoms with Crippen LogP contribution in [0, 0.1) is 11.8 Å². The molecule has 0 aromatic heterocycles. The van der Waals surface area contributed by atoms with Crippen molar-refractivity contribution in [1.29, 1.82) is 0 Å². The molecule has 3 aliphatic heterocycles. The van der Waals surface area contributed by atoms with Crippen molar-refractivity contribution in [3.05, 3.63) is 25.3 Å². The molecule has 0 radical (unpaired) electrons. The second-order valence-electron chi connectivity index (χ2n) is 11.3. The van der Waals surface area contributed by atoms with Crippen molar-refractivity contribution in [1.82, 2.24) is 14.7 Å². The molecule has 4 fully saturated rings. The maximum Gasteiger partial charge on any atom is 0.248 e. The lowest BCUT2D eigenvalue weighted by molar-refractivity contribution is -0.153. The van der Waals surface area contributed by atoms with E-state index in [1.54, 1.807) is 22.0 Å². The molecule has 0 aromatic carbocycles. The van der Waals surface area contributed by atoms with Gasteiger partial charge in [0.2, 0.25) is 17.7 Å². The average Bonchev–Trinajstić information content (AvgIpc) is 3.51. The molecular weight excluding hydrogens is 550 g/mol. The van der Waals surface area contributed by atoms with Crippen LogP contribution in [-0.4, -0.2) is 98.4 Å². The van der Waals surface area contributed by atoms with Crippen molar-refractivity contribution in [3.63, 3.8) is 0 Å². The number of rotatable bonds is 12. The van der Waals surface area contributed by atoms with E-state index < -0.39 is 35.6 Å². The molecule has 4 rings (SSSR count). The van der Waals surface area contributed by atoms with E-state index in [0.717, 1.165) is 38.5 Å². The molecule has 1 spiro atoms. The Kier molecular flexibility index (Phi) is 9.41. The molecule has 1 aliphatic carbocycles. The van der Waals surface area contributed by atoms with Gasteiger partial charge in [0.25, 0.3) is 0 Å². The molecule has 38 heavy (non-hydrogen) atoms. The summed E-state index contributed by atoms with van der Waals surface area (Å²) in [5.74, 6) is -1.97. The highest BCUT2D eigenvalue weighted by atomic mass is 79.9. The largest absolute Gasteiger partial charge is 0.394 e. The number of halogens is 1. The molecule has 3 saturated heterocycles. The maximum absolute atomic E-state index is 14.6. The van der Waals surface area contributed by atoms with Crippen molar-refractivity contribution >= 4 is 33.7 Å². The third-order valence-corrected chi connectivity index (χ3v) is 9.95. The number of ether oxygens (including phenoxy) is 1. The number of alkyl halides is 1. The number of amides is 3. The van der Waals surface area contributed by atoms with Crippen LogP contribution in [0.5, 0.6) is 0 Å². The molecule has 7 atom stereocenters. The Bertz CT molecular complexity index is 920. The van der Waals surface area contributed by atoms with Crippen LogP contribution in [0.3, 0.4) is 0 Å². The predicted octanol–water partition coefficient (Wildman–Crippen LogP) is 3.28. The molecular formula is C29H44BrN3O5. The number of carbonyl (C=O) groups is 3. The first-order valence-electron chi connectivity index (χ1n) is 14.4. The van der Waals surface area contributed by atoms with E-state index >= 15 is 0 Å². The molecule has 1 saturated carbocycles. The lowest BCUT2D eigenvalue weighted by Crippen LogP contribution is -2.60. The summed E-state index contributed by atoms with van der Waals surface area (Å²) in [5.41, 5.74) is -1.12. The van der Waals surface area contributed by atoms with Crippen molar-refractivity contribution in [2.75, 3.05) is 26.2 Å². The fourth-order valence-electron chi connectivity index (χ4n) is 7.47. The molecule has 3 unspecified atom stereocenters. The van der Waals surface area contributed by atoms with Gasteiger partial charge in [0, 0.05) is 30.5 Å². The average molecular weight is 595 g/mol. The third kappa shape index (κ3) is 4.77. The topological polar surface area (TPSA) is 90.4 Å². The van der Waals surface area contributed by atoms with E-state index in [0.29, 0.717) is 32.5 Å². The second kappa shape index (κ2) is 12.2. The minimum atomic E-state index is -1.12. The zero-order valence-electron chi connectivity index (χ0n) is 22.9. The molecule has 3 heterocycles. The first-order chi connectivity index (χ1) is 18.3. The van der Waals surface area contributed by atoms with Crippen molar-refractivity contribution in [2.45, 2.75) is 99.9 Å². The van der Waals surface area contributed by atoms with E-state index in [9.17, 15) is 19.5 Å². The number of hydrogen-bond acceptors (Lipinski definition) is 5. The van der Waals surface area contributed by atoms with Gasteiger partial charge >= 0.3 is 0 Å². The van der Waals surface area contributed by atoms with Crippen molar-refractivity contribution in [3.8, 4) is 0 Å². The molecule has 0 aromatic rings. The number of aliphatic hydroxyl groups excluding tert-OH is 1. The predicted molar refractivity (Wildman–Crippen MR) is 150 cm³/mol. The molecule has 212 valence electrons. The van der Waals surface area contributed by atoms with Crippen LogP contribution in [0.2, 0.25) is 0 Å². The number of nitrogens with zero attached hydrogens (tertiary/aromatic N) is 3. The van der Waals surface area contributed by atoms with Gasteiger partial charge in [0.05, 0.1) is 30.6 Å². The second-order valence-corrected chi connectivity index (χ2v) is 12.5. The van der Waals surface area contributed by atoms with Gasteiger partial charge in [-0.05, 0) is 32.1 Å². The number of likely N-dealkylation sites (tertiary alicyclic amines) is 1. The Morgan fingerprint density at radius 1 is 1.18 bits per heavy atom. The van der Waals surface area contributed by atoms with E-state index in [2.05, 4.69) is 29.1 Å². The fraction of sp³-hybridized carbons (Fsp3) is 0.759. The molecule has 1 N–H and O–H groups in total. The van der Waals surface area contributed by atoms with E-state index in [1.807, 2.05) is 18.7 Å². The monoisotopic (exact) mass is 593 g/mol. The molecule has 4 aliphatic rings. The Labute approximate surface area is 235 Å².